The summed E-state index contributed by atoms with van der Waals surface area (Å²) in [6.45, 7) is 3.39. The lowest BCUT2D eigenvalue weighted by molar-refractivity contribution is -0.384. The highest BCUT2D eigenvalue weighted by molar-refractivity contribution is 6.05. The van der Waals surface area contributed by atoms with Crippen molar-refractivity contribution >= 4 is 23.0 Å². The summed E-state index contributed by atoms with van der Waals surface area (Å²) >= 11 is 0. The van der Waals surface area contributed by atoms with E-state index in [2.05, 4.69) is 5.32 Å². The molecule has 7 heteroatoms. The maximum Gasteiger partial charge on any atom is 0.293 e. The van der Waals surface area contributed by atoms with Gasteiger partial charge in [-0.3, -0.25) is 14.9 Å². The lowest BCUT2D eigenvalue weighted by atomic mass is 10.1. The number of hydrogen-bond acceptors (Lipinski definition) is 5. The predicted molar refractivity (Wildman–Crippen MR) is 105 cm³/mol. The van der Waals surface area contributed by atoms with Crippen molar-refractivity contribution in [3.05, 3.63) is 57.6 Å². The second-order valence-electron chi connectivity index (χ2n) is 6.84. The van der Waals surface area contributed by atoms with Crippen LogP contribution in [0.1, 0.15) is 41.6 Å². The van der Waals surface area contributed by atoms with E-state index in [4.69, 9.17) is 0 Å². The minimum Gasteiger partial charge on any atom is -0.506 e. The summed E-state index contributed by atoms with van der Waals surface area (Å²) in [6, 6.07) is 9.45. The molecule has 142 valence electrons. The van der Waals surface area contributed by atoms with E-state index < -0.39 is 10.8 Å². The minimum atomic E-state index is -0.500. The molecule has 27 heavy (non-hydrogen) atoms. The van der Waals surface area contributed by atoms with Crippen molar-refractivity contribution in [2.24, 2.45) is 0 Å². The van der Waals surface area contributed by atoms with E-state index >= 15 is 0 Å². The summed E-state index contributed by atoms with van der Waals surface area (Å²) in [4.78, 5) is 25.7. The molecule has 2 aromatic rings. The van der Waals surface area contributed by atoms with E-state index in [-0.39, 0.29) is 22.7 Å². The molecule has 0 unspecified atom stereocenters. The molecule has 1 heterocycles. The number of carbonyl (C=O) groups is 1. The van der Waals surface area contributed by atoms with E-state index in [0.29, 0.717) is 5.69 Å². The Labute approximate surface area is 157 Å². The maximum atomic E-state index is 12.5. The Morgan fingerprint density at radius 2 is 1.81 bits per heavy atom. The van der Waals surface area contributed by atoms with Gasteiger partial charge in [0.25, 0.3) is 11.6 Å². The molecular formula is C20H23N3O4. The van der Waals surface area contributed by atoms with E-state index in [0.717, 1.165) is 44.3 Å². The summed E-state index contributed by atoms with van der Waals surface area (Å²) < 4.78 is 0. The molecule has 0 radical (unpaired) electrons. The van der Waals surface area contributed by atoms with Crippen molar-refractivity contribution in [1.82, 2.24) is 0 Å². The smallest absolute Gasteiger partial charge is 0.293 e. The Morgan fingerprint density at radius 3 is 2.44 bits per heavy atom. The standard InChI is InChI=1S/C20H23N3O4/c1-14-6-8-16(19(24)12-14)21-20(25)15-7-9-17(18(13-15)23(26)27)22-10-4-2-3-5-11-22/h6-9,12-13,24H,2-5,10-11H2,1H3,(H,21,25). The number of nitro groups is 1. The van der Waals surface area contributed by atoms with Crippen LogP contribution in [-0.2, 0) is 0 Å². The molecule has 7 nitrogen and oxygen atoms in total. The lowest BCUT2D eigenvalue weighted by Crippen LogP contribution is -2.25. The third-order valence-electron chi connectivity index (χ3n) is 4.78. The van der Waals surface area contributed by atoms with Gasteiger partial charge in [0.1, 0.15) is 11.4 Å². The van der Waals surface area contributed by atoms with Crippen LogP contribution in [-0.4, -0.2) is 29.0 Å². The van der Waals surface area contributed by atoms with Crippen molar-refractivity contribution in [2.45, 2.75) is 32.6 Å². The summed E-state index contributed by atoms with van der Waals surface area (Å²) in [6.07, 6.45) is 4.27. The van der Waals surface area contributed by atoms with Gasteiger partial charge >= 0.3 is 0 Å². The monoisotopic (exact) mass is 369 g/mol. The highest BCUT2D eigenvalue weighted by atomic mass is 16.6. The third-order valence-corrected chi connectivity index (χ3v) is 4.78. The molecule has 3 rings (SSSR count). The Kier molecular flexibility index (Phi) is 5.59. The number of aryl methyl sites for hydroxylation is 1. The fraction of sp³-hybridized carbons (Fsp3) is 0.350. The van der Waals surface area contributed by atoms with Gasteiger partial charge in [0.05, 0.1) is 10.6 Å². The fourth-order valence-corrected chi connectivity index (χ4v) is 3.33. The van der Waals surface area contributed by atoms with Gasteiger partial charge in [-0.2, -0.15) is 0 Å². The predicted octanol–water partition coefficient (Wildman–Crippen LogP) is 4.24. The van der Waals surface area contributed by atoms with Gasteiger partial charge in [-0.15, -0.1) is 0 Å². The number of aromatic hydroxyl groups is 1. The van der Waals surface area contributed by atoms with E-state index in [9.17, 15) is 20.0 Å². The van der Waals surface area contributed by atoms with Crippen LogP contribution in [0.15, 0.2) is 36.4 Å². The summed E-state index contributed by atoms with van der Waals surface area (Å²) in [5.41, 5.74) is 1.79. The number of nitrogens with one attached hydrogen (secondary N) is 1. The van der Waals surface area contributed by atoms with Gasteiger partial charge in [-0.25, -0.2) is 0 Å². The molecule has 1 amide bonds. The zero-order valence-electron chi connectivity index (χ0n) is 15.3. The molecule has 1 saturated heterocycles. The summed E-state index contributed by atoms with van der Waals surface area (Å²) in [7, 11) is 0. The maximum absolute atomic E-state index is 12.5. The average molecular weight is 369 g/mol. The number of amides is 1. The van der Waals surface area contributed by atoms with Gasteiger partial charge in [-0.1, -0.05) is 18.9 Å². The summed E-state index contributed by atoms with van der Waals surface area (Å²) in [5, 5.41) is 24.1. The number of nitrogens with zero attached hydrogens (tertiary/aromatic N) is 2. The molecule has 0 saturated carbocycles. The first-order chi connectivity index (χ1) is 13.0. The molecule has 0 aromatic heterocycles. The largest absolute Gasteiger partial charge is 0.506 e. The lowest BCUT2D eigenvalue weighted by Gasteiger charge is -2.22. The van der Waals surface area contributed by atoms with Crippen LogP contribution in [0, 0.1) is 17.0 Å². The van der Waals surface area contributed by atoms with Gasteiger partial charge in [-0.05, 0) is 49.6 Å². The normalized spacial score (nSPS) is 14.5. The molecule has 1 aliphatic heterocycles. The third kappa shape index (κ3) is 4.36. The number of rotatable bonds is 4. The number of anilines is 2. The highest BCUT2D eigenvalue weighted by Gasteiger charge is 2.23. The van der Waals surface area contributed by atoms with Crippen molar-refractivity contribution in [2.75, 3.05) is 23.3 Å². The first-order valence-corrected chi connectivity index (χ1v) is 9.10. The Hall–Kier alpha value is -3.09. The quantitative estimate of drug-likeness (QED) is 0.477. The topological polar surface area (TPSA) is 95.7 Å². The number of phenolic OH excluding ortho intramolecular Hbond substituents is 1. The zero-order valence-corrected chi connectivity index (χ0v) is 15.3. The van der Waals surface area contributed by atoms with Gasteiger partial charge in [0.15, 0.2) is 0 Å². The van der Waals surface area contributed by atoms with E-state index in [1.807, 2.05) is 11.8 Å². The molecule has 1 fully saturated rings. The first kappa shape index (κ1) is 18.7. The van der Waals surface area contributed by atoms with Crippen LogP contribution in [0.2, 0.25) is 0 Å². The Bertz CT molecular complexity index is 858. The molecule has 0 bridgehead atoms. The van der Waals surface area contributed by atoms with Gasteiger partial charge < -0.3 is 15.3 Å². The van der Waals surface area contributed by atoms with Crippen LogP contribution in [0.4, 0.5) is 17.1 Å². The summed E-state index contributed by atoms with van der Waals surface area (Å²) in [5.74, 6) is -0.543. The van der Waals surface area contributed by atoms with Crippen molar-refractivity contribution in [1.29, 1.82) is 0 Å². The van der Waals surface area contributed by atoms with Gasteiger partial charge in [0, 0.05) is 24.7 Å². The Balaban J connectivity index is 1.86. The van der Waals surface area contributed by atoms with E-state index in [1.54, 1.807) is 30.3 Å². The minimum absolute atomic E-state index is 0.0426. The Morgan fingerprint density at radius 1 is 1.11 bits per heavy atom. The second-order valence-corrected chi connectivity index (χ2v) is 6.84. The van der Waals surface area contributed by atoms with Crippen LogP contribution in [0.5, 0.6) is 5.75 Å². The number of hydrogen-bond donors (Lipinski definition) is 2. The molecule has 1 aliphatic rings. The van der Waals surface area contributed by atoms with E-state index in [1.165, 1.54) is 6.07 Å². The second kappa shape index (κ2) is 8.07. The van der Waals surface area contributed by atoms with Crippen LogP contribution >= 0.6 is 0 Å². The van der Waals surface area contributed by atoms with Gasteiger partial charge in [0.2, 0.25) is 0 Å². The first-order valence-electron chi connectivity index (χ1n) is 9.10. The van der Waals surface area contributed by atoms with Crippen molar-refractivity contribution in [3.8, 4) is 5.75 Å². The highest BCUT2D eigenvalue weighted by Crippen LogP contribution is 2.32. The number of carbonyl (C=O) groups excluding carboxylic acids is 1. The molecular weight excluding hydrogens is 346 g/mol. The molecule has 0 spiro atoms. The van der Waals surface area contributed by atoms with Crippen molar-refractivity contribution in [3.63, 3.8) is 0 Å². The SMILES string of the molecule is Cc1ccc(NC(=O)c2ccc(N3CCCCCC3)c([N+](=O)[O-])c2)c(O)c1. The number of benzene rings is 2. The van der Waals surface area contributed by atoms with Crippen molar-refractivity contribution < 1.29 is 14.8 Å². The average Bonchev–Trinajstić information content (AvgIpc) is 2.92. The molecule has 2 N–H and O–H groups in total. The number of nitro benzene ring substituents is 1. The van der Waals surface area contributed by atoms with Crippen LogP contribution in [0.3, 0.4) is 0 Å². The fourth-order valence-electron chi connectivity index (χ4n) is 3.33. The number of phenols is 1. The molecule has 0 atom stereocenters. The molecule has 0 aliphatic carbocycles. The zero-order chi connectivity index (χ0) is 19.4. The van der Waals surface area contributed by atoms with Crippen LogP contribution < -0.4 is 10.2 Å². The van der Waals surface area contributed by atoms with Crippen LogP contribution in [0.25, 0.3) is 0 Å². The molecule has 2 aromatic carbocycles.